The van der Waals surface area contributed by atoms with E-state index in [1.807, 2.05) is 0 Å². The van der Waals surface area contributed by atoms with E-state index >= 15 is 0 Å². The number of fused-ring (bicyclic) bond motifs is 5. The van der Waals surface area contributed by atoms with Gasteiger partial charge in [0.15, 0.2) is 0 Å². The molecule has 0 spiro atoms. The second kappa shape index (κ2) is 14.7. The minimum Gasteiger partial charge on any atom is -0.311 e. The molecule has 0 saturated heterocycles. The highest BCUT2D eigenvalue weighted by molar-refractivity contribution is 6.18. The van der Waals surface area contributed by atoms with Crippen LogP contribution in [0.2, 0.25) is 0 Å². The van der Waals surface area contributed by atoms with E-state index in [9.17, 15) is 0 Å². The Balaban J connectivity index is 1.09. The van der Waals surface area contributed by atoms with Crippen LogP contribution in [0.4, 0.5) is 28.4 Å². The van der Waals surface area contributed by atoms with Gasteiger partial charge in [0.2, 0.25) is 0 Å². The lowest BCUT2D eigenvalue weighted by molar-refractivity contribution is 0.992. The van der Waals surface area contributed by atoms with E-state index in [1.165, 1.54) is 72.0 Å². The van der Waals surface area contributed by atoms with Gasteiger partial charge in [-0.1, -0.05) is 127 Å². The zero-order valence-corrected chi connectivity index (χ0v) is 31.4. The van der Waals surface area contributed by atoms with Crippen LogP contribution < -0.4 is 9.80 Å². The van der Waals surface area contributed by atoms with Gasteiger partial charge in [0.25, 0.3) is 0 Å². The molecule has 0 unspecified atom stereocenters. The molecule has 2 nitrogen and oxygen atoms in total. The molecular formula is C54H42N2. The molecule has 0 saturated carbocycles. The predicted octanol–water partition coefficient (Wildman–Crippen LogP) is 15.1. The molecule has 268 valence electrons. The molecule has 0 atom stereocenters. The number of para-hydroxylation sites is 3. The first-order valence-corrected chi connectivity index (χ1v) is 19.8. The van der Waals surface area contributed by atoms with Crippen LogP contribution in [0, 0.1) is 0 Å². The molecule has 0 amide bonds. The van der Waals surface area contributed by atoms with Gasteiger partial charge in [0.05, 0.1) is 0 Å². The topological polar surface area (TPSA) is 6.48 Å². The van der Waals surface area contributed by atoms with E-state index < -0.39 is 0 Å². The Morgan fingerprint density at radius 1 is 0.393 bits per heavy atom. The number of nitrogens with zero attached hydrogens (tertiary/aromatic N) is 2. The third-order valence-corrected chi connectivity index (χ3v) is 11.3. The first-order chi connectivity index (χ1) is 27.8. The summed E-state index contributed by atoms with van der Waals surface area (Å²) in [4.78, 5) is 4.70. The molecule has 0 heterocycles. The number of anilines is 5. The minimum absolute atomic E-state index is 1.03. The van der Waals surface area contributed by atoms with Crippen LogP contribution in [0.5, 0.6) is 0 Å². The van der Waals surface area contributed by atoms with Crippen molar-refractivity contribution in [3.05, 3.63) is 217 Å². The van der Waals surface area contributed by atoms with Gasteiger partial charge in [-0.3, -0.25) is 0 Å². The van der Waals surface area contributed by atoms with Crippen LogP contribution in [0.3, 0.4) is 0 Å². The van der Waals surface area contributed by atoms with Gasteiger partial charge in [0, 0.05) is 34.1 Å². The summed E-state index contributed by atoms with van der Waals surface area (Å²) >= 11 is 0. The first kappa shape index (κ1) is 33.7. The van der Waals surface area contributed by atoms with Gasteiger partial charge >= 0.3 is 0 Å². The summed E-state index contributed by atoms with van der Waals surface area (Å²) in [5.74, 6) is 0. The largest absolute Gasteiger partial charge is 0.311 e. The molecule has 0 fully saturated rings. The highest BCUT2D eigenvalue weighted by Gasteiger charge is 2.21. The predicted molar refractivity (Wildman–Crippen MR) is 239 cm³/mol. The quantitative estimate of drug-likeness (QED) is 0.144. The van der Waals surface area contributed by atoms with Gasteiger partial charge in [-0.25, -0.2) is 0 Å². The van der Waals surface area contributed by atoms with E-state index in [2.05, 4.69) is 216 Å². The van der Waals surface area contributed by atoms with Crippen LogP contribution in [0.15, 0.2) is 206 Å². The summed E-state index contributed by atoms with van der Waals surface area (Å²) in [7, 11) is 0. The third-order valence-electron chi connectivity index (χ3n) is 11.3. The molecule has 10 rings (SSSR count). The van der Waals surface area contributed by atoms with Gasteiger partial charge in [-0.15, -0.1) is 0 Å². The maximum Gasteiger partial charge on any atom is 0.0462 e. The van der Waals surface area contributed by atoms with Crippen molar-refractivity contribution < 1.29 is 0 Å². The summed E-state index contributed by atoms with van der Waals surface area (Å²) in [5.41, 5.74) is 14.8. The van der Waals surface area contributed by atoms with E-state index in [-0.39, 0.29) is 0 Å². The molecule has 0 aliphatic heterocycles. The summed E-state index contributed by atoms with van der Waals surface area (Å²) < 4.78 is 0. The van der Waals surface area contributed by atoms with Gasteiger partial charge in [0.1, 0.15) is 0 Å². The van der Waals surface area contributed by atoms with E-state index in [0.29, 0.717) is 0 Å². The Hall–Kier alpha value is -6.90. The monoisotopic (exact) mass is 718 g/mol. The van der Waals surface area contributed by atoms with Crippen LogP contribution in [0.1, 0.15) is 30.4 Å². The number of rotatable bonds is 8. The first-order valence-electron chi connectivity index (χ1n) is 19.8. The van der Waals surface area contributed by atoms with E-state index in [1.54, 1.807) is 0 Å². The Labute approximate surface area is 329 Å². The molecule has 0 aromatic heterocycles. The Kier molecular flexibility index (Phi) is 8.85. The van der Waals surface area contributed by atoms with Gasteiger partial charge in [-0.2, -0.15) is 0 Å². The standard InChI is InChI=1S/C54H42N2/c1-5-17-42(18-6-1)55(43-19-7-2-8-20-43)46-33-29-39(30-34-46)52-37-41-38-53(49-26-14-16-28-51(49)54(41)50-27-15-13-25-48(50)52)40-31-35-47(36-32-40)56(44-21-9-3-10-22-44)45-23-11-4-12-24-45/h1-3,5-11,13,15-25,27-38H,4,12,14,26H2. The number of allylic oxidation sites excluding steroid dienone is 4. The fraction of sp³-hybridized carbons (Fsp3) is 0.0741. The average molecular weight is 719 g/mol. The van der Waals surface area contributed by atoms with Crippen molar-refractivity contribution in [2.45, 2.75) is 25.7 Å². The van der Waals surface area contributed by atoms with Crippen LogP contribution >= 0.6 is 0 Å². The second-order valence-corrected chi connectivity index (χ2v) is 14.7. The molecular weight excluding hydrogens is 677 g/mol. The summed E-state index contributed by atoms with van der Waals surface area (Å²) in [6.45, 7) is 0. The molecule has 2 aliphatic rings. The van der Waals surface area contributed by atoms with E-state index in [0.717, 1.165) is 42.7 Å². The summed E-state index contributed by atoms with van der Waals surface area (Å²) in [6, 6.07) is 64.1. The molecule has 56 heavy (non-hydrogen) atoms. The molecule has 2 heteroatoms. The molecule has 2 aliphatic carbocycles. The maximum atomic E-state index is 2.46. The van der Waals surface area contributed by atoms with E-state index in [4.69, 9.17) is 0 Å². The lowest BCUT2D eigenvalue weighted by Crippen LogP contribution is -2.16. The fourth-order valence-electron chi connectivity index (χ4n) is 8.70. The zero-order valence-electron chi connectivity index (χ0n) is 31.4. The second-order valence-electron chi connectivity index (χ2n) is 14.7. The minimum atomic E-state index is 1.03. The van der Waals surface area contributed by atoms with Crippen molar-refractivity contribution in [2.24, 2.45) is 0 Å². The zero-order chi connectivity index (χ0) is 37.3. The van der Waals surface area contributed by atoms with Crippen LogP contribution in [-0.4, -0.2) is 0 Å². The molecule has 0 bridgehead atoms. The lowest BCUT2D eigenvalue weighted by Gasteiger charge is -2.28. The number of hydrogen-bond donors (Lipinski definition) is 0. The van der Waals surface area contributed by atoms with Crippen molar-refractivity contribution in [2.75, 3.05) is 9.80 Å². The maximum absolute atomic E-state index is 2.46. The highest BCUT2D eigenvalue weighted by atomic mass is 15.1. The van der Waals surface area contributed by atoms with Gasteiger partial charge < -0.3 is 9.80 Å². The third kappa shape index (κ3) is 6.20. The Morgan fingerprint density at radius 3 is 1.50 bits per heavy atom. The normalized spacial score (nSPS) is 13.4. The van der Waals surface area contributed by atoms with Crippen molar-refractivity contribution >= 4 is 56.1 Å². The number of benzene rings is 8. The van der Waals surface area contributed by atoms with Crippen LogP contribution in [-0.2, 0) is 6.42 Å². The fourth-order valence-corrected chi connectivity index (χ4v) is 8.70. The highest BCUT2D eigenvalue weighted by Crippen LogP contribution is 2.44. The smallest absolute Gasteiger partial charge is 0.0462 e. The van der Waals surface area contributed by atoms with Crippen molar-refractivity contribution in [3.63, 3.8) is 0 Å². The number of hydrogen-bond acceptors (Lipinski definition) is 2. The molecule has 8 aromatic rings. The molecule has 8 aromatic carbocycles. The van der Waals surface area contributed by atoms with Crippen LogP contribution in [0.25, 0.3) is 49.9 Å². The SMILES string of the molecule is C1=CC(N(c2ccccc2)c2ccc(-c3cc4cc(-c5ccc(N(c6ccccc6)c6ccccc6)cc5)c5ccccc5c4c4c3CCC=C4)cc2)=CCC1. The van der Waals surface area contributed by atoms with Crippen molar-refractivity contribution in [3.8, 4) is 22.3 Å². The van der Waals surface area contributed by atoms with Gasteiger partial charge in [-0.05, 0) is 159 Å². The summed E-state index contributed by atoms with van der Waals surface area (Å²) in [6.07, 6.45) is 15.9. The Morgan fingerprint density at radius 2 is 0.893 bits per heavy atom. The molecule has 0 radical (unpaired) electrons. The summed E-state index contributed by atoms with van der Waals surface area (Å²) in [5, 5.41) is 5.20. The van der Waals surface area contributed by atoms with Crippen molar-refractivity contribution in [1.82, 2.24) is 0 Å². The lowest BCUT2D eigenvalue weighted by atomic mass is 9.82. The van der Waals surface area contributed by atoms with Crippen molar-refractivity contribution in [1.29, 1.82) is 0 Å². The molecule has 0 N–H and O–H groups in total. The Bertz CT molecular complexity index is 2720. The average Bonchev–Trinajstić information content (AvgIpc) is 3.28.